The van der Waals surface area contributed by atoms with Crippen molar-refractivity contribution in [1.82, 2.24) is 0 Å². The fraction of sp³-hybridized carbons (Fsp3) is 0.778. The predicted octanol–water partition coefficient (Wildman–Crippen LogP) is 4.84. The Morgan fingerprint density at radius 3 is 2.15 bits per heavy atom. The molecule has 0 aromatic rings. The molecule has 0 unspecified atom stereocenters. The molecule has 0 amide bonds. The zero-order valence-electron chi connectivity index (χ0n) is 12.9. The van der Waals surface area contributed by atoms with Crippen molar-refractivity contribution in [2.45, 2.75) is 76.4 Å². The SMILES string of the molecule is C#CCCCCCCC1(CCCCCC=C)OCCO1. The Kier molecular flexibility index (Phi) is 9.45. The molecule has 20 heavy (non-hydrogen) atoms. The molecule has 1 heterocycles. The molecule has 0 saturated carbocycles. The van der Waals surface area contributed by atoms with Gasteiger partial charge in [-0.25, -0.2) is 0 Å². The molecule has 0 aliphatic carbocycles. The van der Waals surface area contributed by atoms with Gasteiger partial charge in [0.1, 0.15) is 0 Å². The molecule has 0 bridgehead atoms. The molecule has 1 aliphatic heterocycles. The molecule has 0 aromatic heterocycles. The Balaban J connectivity index is 2.14. The monoisotopic (exact) mass is 278 g/mol. The summed E-state index contributed by atoms with van der Waals surface area (Å²) in [5.41, 5.74) is 0. The van der Waals surface area contributed by atoms with Crippen molar-refractivity contribution in [2.24, 2.45) is 0 Å². The lowest BCUT2D eigenvalue weighted by atomic mass is 9.99. The first-order valence-corrected chi connectivity index (χ1v) is 8.15. The van der Waals surface area contributed by atoms with Crippen molar-refractivity contribution in [1.29, 1.82) is 0 Å². The number of rotatable bonds is 12. The van der Waals surface area contributed by atoms with Crippen LogP contribution in [0.15, 0.2) is 12.7 Å². The zero-order valence-corrected chi connectivity index (χ0v) is 12.9. The quantitative estimate of drug-likeness (QED) is 0.289. The molecule has 1 saturated heterocycles. The van der Waals surface area contributed by atoms with Gasteiger partial charge in [-0.2, -0.15) is 0 Å². The smallest absolute Gasteiger partial charge is 0.168 e. The first-order valence-electron chi connectivity index (χ1n) is 8.15. The number of hydrogen-bond donors (Lipinski definition) is 0. The summed E-state index contributed by atoms with van der Waals surface area (Å²) >= 11 is 0. The molecule has 0 spiro atoms. The molecule has 1 fully saturated rings. The molecule has 0 atom stereocenters. The van der Waals surface area contributed by atoms with E-state index >= 15 is 0 Å². The molecule has 0 aromatic carbocycles. The Morgan fingerprint density at radius 2 is 1.55 bits per heavy atom. The Labute approximate surface area is 124 Å². The Bertz CT molecular complexity index is 284. The van der Waals surface area contributed by atoms with Gasteiger partial charge in [0, 0.05) is 19.3 Å². The lowest BCUT2D eigenvalue weighted by molar-refractivity contribution is -0.168. The van der Waals surface area contributed by atoms with E-state index in [2.05, 4.69) is 12.5 Å². The van der Waals surface area contributed by atoms with Crippen LogP contribution in [0.2, 0.25) is 0 Å². The number of allylic oxidation sites excluding steroid dienone is 1. The van der Waals surface area contributed by atoms with E-state index in [1.54, 1.807) is 0 Å². The molecule has 1 rings (SSSR count). The molecule has 1 aliphatic rings. The van der Waals surface area contributed by atoms with Crippen LogP contribution in [0.1, 0.15) is 70.6 Å². The van der Waals surface area contributed by atoms with Crippen molar-refractivity contribution < 1.29 is 9.47 Å². The highest BCUT2D eigenvalue weighted by atomic mass is 16.7. The Morgan fingerprint density at radius 1 is 0.950 bits per heavy atom. The summed E-state index contributed by atoms with van der Waals surface area (Å²) in [5.74, 6) is 2.42. The summed E-state index contributed by atoms with van der Waals surface area (Å²) in [4.78, 5) is 0. The Hall–Kier alpha value is -0.780. The molecule has 2 nitrogen and oxygen atoms in total. The van der Waals surface area contributed by atoms with Crippen LogP contribution in [0.4, 0.5) is 0 Å². The summed E-state index contributed by atoms with van der Waals surface area (Å²) in [7, 11) is 0. The highest BCUT2D eigenvalue weighted by molar-refractivity contribution is 4.83. The minimum absolute atomic E-state index is 0.277. The lowest BCUT2D eigenvalue weighted by Gasteiger charge is -2.27. The van der Waals surface area contributed by atoms with Crippen LogP contribution < -0.4 is 0 Å². The summed E-state index contributed by atoms with van der Waals surface area (Å²) in [6.07, 6.45) is 19.8. The minimum Gasteiger partial charge on any atom is -0.348 e. The van der Waals surface area contributed by atoms with Gasteiger partial charge in [-0.15, -0.1) is 18.9 Å². The number of terminal acetylenes is 1. The lowest BCUT2D eigenvalue weighted by Crippen LogP contribution is -2.30. The molecule has 0 N–H and O–H groups in total. The van der Waals surface area contributed by atoms with Gasteiger partial charge in [0.05, 0.1) is 13.2 Å². The largest absolute Gasteiger partial charge is 0.348 e. The summed E-state index contributed by atoms with van der Waals surface area (Å²) in [5, 5.41) is 0. The van der Waals surface area contributed by atoms with Crippen molar-refractivity contribution in [3.63, 3.8) is 0 Å². The van der Waals surface area contributed by atoms with E-state index in [1.165, 1.54) is 38.5 Å². The summed E-state index contributed by atoms with van der Waals surface area (Å²) < 4.78 is 11.8. The number of unbranched alkanes of at least 4 members (excludes halogenated alkanes) is 7. The first-order chi connectivity index (χ1) is 9.83. The van der Waals surface area contributed by atoms with Gasteiger partial charge in [-0.1, -0.05) is 25.3 Å². The maximum absolute atomic E-state index is 5.90. The molecule has 114 valence electrons. The molecule has 2 heteroatoms. The van der Waals surface area contributed by atoms with Gasteiger partial charge in [0.15, 0.2) is 5.79 Å². The fourth-order valence-corrected chi connectivity index (χ4v) is 2.75. The van der Waals surface area contributed by atoms with Gasteiger partial charge < -0.3 is 9.47 Å². The van der Waals surface area contributed by atoms with Gasteiger partial charge in [-0.3, -0.25) is 0 Å². The fourth-order valence-electron chi connectivity index (χ4n) is 2.75. The van der Waals surface area contributed by atoms with Crippen molar-refractivity contribution in [3.8, 4) is 12.3 Å². The first kappa shape index (κ1) is 17.3. The van der Waals surface area contributed by atoms with Crippen molar-refractivity contribution >= 4 is 0 Å². The van der Waals surface area contributed by atoms with Gasteiger partial charge in [-0.05, 0) is 32.1 Å². The van der Waals surface area contributed by atoms with E-state index in [-0.39, 0.29) is 5.79 Å². The van der Waals surface area contributed by atoms with Crippen LogP contribution in [0.25, 0.3) is 0 Å². The third-order valence-electron chi connectivity index (χ3n) is 3.91. The maximum Gasteiger partial charge on any atom is 0.168 e. The number of hydrogen-bond acceptors (Lipinski definition) is 2. The van der Waals surface area contributed by atoms with E-state index in [0.29, 0.717) is 0 Å². The van der Waals surface area contributed by atoms with Crippen molar-refractivity contribution in [3.05, 3.63) is 12.7 Å². The van der Waals surface area contributed by atoms with Crippen molar-refractivity contribution in [2.75, 3.05) is 13.2 Å². The minimum atomic E-state index is -0.277. The third-order valence-corrected chi connectivity index (χ3v) is 3.91. The van der Waals surface area contributed by atoms with E-state index in [4.69, 9.17) is 15.9 Å². The second-order valence-corrected chi connectivity index (χ2v) is 5.61. The van der Waals surface area contributed by atoms with Gasteiger partial charge in [0.25, 0.3) is 0 Å². The predicted molar refractivity (Wildman–Crippen MR) is 84.5 cm³/mol. The normalized spacial score (nSPS) is 16.9. The van der Waals surface area contributed by atoms with Gasteiger partial charge in [0.2, 0.25) is 0 Å². The van der Waals surface area contributed by atoms with Crippen LogP contribution in [0.3, 0.4) is 0 Å². The highest BCUT2D eigenvalue weighted by Crippen LogP contribution is 2.31. The highest BCUT2D eigenvalue weighted by Gasteiger charge is 2.34. The van der Waals surface area contributed by atoms with E-state index in [1.807, 2.05) is 6.08 Å². The van der Waals surface area contributed by atoms with E-state index in [9.17, 15) is 0 Å². The number of ether oxygens (including phenoxy) is 2. The molecular weight excluding hydrogens is 248 g/mol. The van der Waals surface area contributed by atoms with Gasteiger partial charge >= 0.3 is 0 Å². The summed E-state index contributed by atoms with van der Waals surface area (Å²) in [6.45, 7) is 5.27. The van der Waals surface area contributed by atoms with E-state index < -0.39 is 0 Å². The average molecular weight is 278 g/mol. The standard InChI is InChI=1S/C18H30O2/c1-3-5-7-9-11-13-15-18(19-16-17-20-18)14-12-10-8-6-4-2/h1,4H,2,5-17H2. The molecular formula is C18H30O2. The second kappa shape index (κ2) is 10.9. The maximum atomic E-state index is 5.90. The third kappa shape index (κ3) is 7.12. The van der Waals surface area contributed by atoms with E-state index in [0.717, 1.165) is 45.3 Å². The van der Waals surface area contributed by atoms with Crippen LogP contribution >= 0.6 is 0 Å². The topological polar surface area (TPSA) is 18.5 Å². The zero-order chi connectivity index (χ0) is 14.5. The van der Waals surface area contributed by atoms with Crippen LogP contribution in [-0.2, 0) is 9.47 Å². The van der Waals surface area contributed by atoms with Crippen LogP contribution in [0.5, 0.6) is 0 Å². The summed E-state index contributed by atoms with van der Waals surface area (Å²) in [6, 6.07) is 0. The van der Waals surface area contributed by atoms with Crippen LogP contribution in [-0.4, -0.2) is 19.0 Å². The second-order valence-electron chi connectivity index (χ2n) is 5.61. The van der Waals surface area contributed by atoms with Crippen LogP contribution in [0, 0.1) is 12.3 Å². The molecule has 0 radical (unpaired) electrons. The average Bonchev–Trinajstić information content (AvgIpc) is 2.92.